The van der Waals surface area contributed by atoms with Crippen LogP contribution in [-0.2, 0) is 14.3 Å². The highest BCUT2D eigenvalue weighted by atomic mass is 16.5. The normalized spacial score (nSPS) is 10.5. The molecule has 0 radical (unpaired) electrons. The van der Waals surface area contributed by atoms with Gasteiger partial charge in [0, 0.05) is 20.1 Å². The highest BCUT2D eigenvalue weighted by Gasteiger charge is 1.93. The molecule has 0 atom stereocenters. The van der Waals surface area contributed by atoms with Crippen LogP contribution in [-0.4, -0.2) is 38.9 Å². The van der Waals surface area contributed by atoms with Gasteiger partial charge in [0.05, 0.1) is 19.8 Å². The van der Waals surface area contributed by atoms with Crippen molar-refractivity contribution < 1.29 is 14.3 Å². The summed E-state index contributed by atoms with van der Waals surface area (Å²) in [5, 5.41) is 2.67. The van der Waals surface area contributed by atoms with E-state index >= 15 is 0 Å². The average Bonchev–Trinajstić information content (AvgIpc) is 2.30. The summed E-state index contributed by atoms with van der Waals surface area (Å²) in [7, 11) is 0. The number of rotatable bonds is 12. The number of hydrogen-bond acceptors (Lipinski definition) is 3. The van der Waals surface area contributed by atoms with Gasteiger partial charge in [-0.05, 0) is 6.42 Å². The summed E-state index contributed by atoms with van der Waals surface area (Å²) < 4.78 is 10.7. The van der Waals surface area contributed by atoms with Crippen LogP contribution in [0, 0.1) is 0 Å². The number of amides is 1. The first kappa shape index (κ1) is 16.4. The molecule has 0 aromatic carbocycles. The van der Waals surface area contributed by atoms with Crippen LogP contribution in [0.3, 0.4) is 0 Å². The summed E-state index contributed by atoms with van der Waals surface area (Å²) in [6.07, 6.45) is 6.32. The lowest BCUT2D eigenvalue weighted by atomic mass is 10.2. The van der Waals surface area contributed by atoms with Crippen LogP contribution in [0.25, 0.3) is 0 Å². The lowest BCUT2D eigenvalue weighted by Crippen LogP contribution is -2.24. The summed E-state index contributed by atoms with van der Waals surface area (Å²) in [6.45, 7) is 6.93. The molecule has 0 heterocycles. The minimum atomic E-state index is -0.0167. The standard InChI is InChI=1S/C13H27NO3/c1-3-4-5-6-7-9-16-11-12-17-10-8-14-13(2)15/h3-12H2,1-2H3,(H,14,15). The van der Waals surface area contributed by atoms with Crippen molar-refractivity contribution in [3.63, 3.8) is 0 Å². The maximum Gasteiger partial charge on any atom is 0.216 e. The number of unbranched alkanes of at least 4 members (excludes halogenated alkanes) is 4. The van der Waals surface area contributed by atoms with Crippen molar-refractivity contribution in [1.82, 2.24) is 5.32 Å². The molecule has 0 saturated carbocycles. The van der Waals surface area contributed by atoms with Gasteiger partial charge in [0.25, 0.3) is 0 Å². The van der Waals surface area contributed by atoms with Crippen molar-refractivity contribution in [2.45, 2.75) is 46.0 Å². The highest BCUT2D eigenvalue weighted by molar-refractivity contribution is 5.72. The Bertz CT molecular complexity index is 174. The number of ether oxygens (including phenoxy) is 2. The van der Waals surface area contributed by atoms with Crippen LogP contribution >= 0.6 is 0 Å². The third kappa shape index (κ3) is 15.4. The second-order valence-electron chi connectivity index (χ2n) is 4.12. The van der Waals surface area contributed by atoms with E-state index < -0.39 is 0 Å². The topological polar surface area (TPSA) is 47.6 Å². The molecule has 0 fully saturated rings. The number of hydrogen-bond donors (Lipinski definition) is 1. The minimum Gasteiger partial charge on any atom is -0.379 e. The predicted octanol–water partition coefficient (Wildman–Crippen LogP) is 2.13. The Morgan fingerprint density at radius 1 is 0.941 bits per heavy atom. The lowest BCUT2D eigenvalue weighted by Gasteiger charge is -2.06. The van der Waals surface area contributed by atoms with E-state index in [0.717, 1.165) is 13.0 Å². The van der Waals surface area contributed by atoms with Crippen LogP contribution in [0.15, 0.2) is 0 Å². The molecule has 4 heteroatoms. The van der Waals surface area contributed by atoms with E-state index in [2.05, 4.69) is 12.2 Å². The van der Waals surface area contributed by atoms with Gasteiger partial charge in [0.1, 0.15) is 0 Å². The second-order valence-corrected chi connectivity index (χ2v) is 4.12. The van der Waals surface area contributed by atoms with Crippen LogP contribution in [0.2, 0.25) is 0 Å². The first-order valence-electron chi connectivity index (χ1n) is 6.67. The van der Waals surface area contributed by atoms with Gasteiger partial charge in [-0.1, -0.05) is 32.6 Å². The Morgan fingerprint density at radius 2 is 1.59 bits per heavy atom. The molecule has 0 aliphatic rings. The Kier molecular flexibility index (Phi) is 13.0. The number of nitrogens with one attached hydrogen (secondary N) is 1. The molecule has 0 saturated heterocycles. The zero-order chi connectivity index (χ0) is 12.8. The molecule has 102 valence electrons. The molecule has 0 aromatic heterocycles. The lowest BCUT2D eigenvalue weighted by molar-refractivity contribution is -0.119. The van der Waals surface area contributed by atoms with Crippen molar-refractivity contribution in [1.29, 1.82) is 0 Å². The molecule has 0 spiro atoms. The van der Waals surface area contributed by atoms with Crippen LogP contribution in [0.4, 0.5) is 0 Å². The first-order chi connectivity index (χ1) is 8.27. The van der Waals surface area contributed by atoms with E-state index in [4.69, 9.17) is 9.47 Å². The molecule has 1 N–H and O–H groups in total. The van der Waals surface area contributed by atoms with Gasteiger partial charge in [0.2, 0.25) is 5.91 Å². The van der Waals surface area contributed by atoms with Crippen molar-refractivity contribution in [2.24, 2.45) is 0 Å². The van der Waals surface area contributed by atoms with Crippen molar-refractivity contribution in [3.05, 3.63) is 0 Å². The van der Waals surface area contributed by atoms with Gasteiger partial charge in [0.15, 0.2) is 0 Å². The predicted molar refractivity (Wildman–Crippen MR) is 69.1 cm³/mol. The van der Waals surface area contributed by atoms with Gasteiger partial charge in [-0.3, -0.25) is 4.79 Å². The maximum atomic E-state index is 10.5. The first-order valence-corrected chi connectivity index (χ1v) is 6.67. The molecule has 0 aliphatic heterocycles. The van der Waals surface area contributed by atoms with Gasteiger partial charge >= 0.3 is 0 Å². The maximum absolute atomic E-state index is 10.5. The summed E-state index contributed by atoms with van der Waals surface area (Å²) in [6, 6.07) is 0. The van der Waals surface area contributed by atoms with Gasteiger partial charge in [-0.15, -0.1) is 0 Å². The molecule has 1 amide bonds. The quantitative estimate of drug-likeness (QED) is 0.536. The zero-order valence-electron chi connectivity index (χ0n) is 11.3. The zero-order valence-corrected chi connectivity index (χ0v) is 11.3. The number of carbonyl (C=O) groups is 1. The SMILES string of the molecule is CCCCCCCOCCOCCNC(C)=O. The van der Waals surface area contributed by atoms with E-state index in [1.165, 1.54) is 32.6 Å². The Balaban J connectivity index is 2.91. The van der Waals surface area contributed by atoms with Crippen molar-refractivity contribution >= 4 is 5.91 Å². The van der Waals surface area contributed by atoms with Crippen molar-refractivity contribution in [3.8, 4) is 0 Å². The van der Waals surface area contributed by atoms with E-state index in [0.29, 0.717) is 26.4 Å². The molecule has 0 bridgehead atoms. The van der Waals surface area contributed by atoms with Crippen LogP contribution in [0.5, 0.6) is 0 Å². The van der Waals surface area contributed by atoms with Crippen LogP contribution in [0.1, 0.15) is 46.0 Å². The molecular weight excluding hydrogens is 218 g/mol. The molecule has 0 aromatic rings. The average molecular weight is 245 g/mol. The second kappa shape index (κ2) is 13.5. The molecule has 0 rings (SSSR count). The smallest absolute Gasteiger partial charge is 0.216 e. The highest BCUT2D eigenvalue weighted by Crippen LogP contribution is 2.02. The molecule has 0 aliphatic carbocycles. The van der Waals surface area contributed by atoms with Crippen molar-refractivity contribution in [2.75, 3.05) is 33.0 Å². The fourth-order valence-corrected chi connectivity index (χ4v) is 1.43. The fourth-order valence-electron chi connectivity index (χ4n) is 1.43. The summed E-state index contributed by atoms with van der Waals surface area (Å²) in [5.41, 5.74) is 0. The van der Waals surface area contributed by atoms with Crippen LogP contribution < -0.4 is 5.32 Å². The number of carbonyl (C=O) groups excluding carboxylic acids is 1. The summed E-state index contributed by atoms with van der Waals surface area (Å²) >= 11 is 0. The Hall–Kier alpha value is -0.610. The largest absolute Gasteiger partial charge is 0.379 e. The third-order valence-corrected chi connectivity index (χ3v) is 2.38. The van der Waals surface area contributed by atoms with E-state index in [1.54, 1.807) is 0 Å². The Morgan fingerprint density at radius 3 is 2.24 bits per heavy atom. The minimum absolute atomic E-state index is 0.0167. The summed E-state index contributed by atoms with van der Waals surface area (Å²) in [5.74, 6) is -0.0167. The van der Waals surface area contributed by atoms with E-state index in [1.807, 2.05) is 0 Å². The third-order valence-electron chi connectivity index (χ3n) is 2.38. The summed E-state index contributed by atoms with van der Waals surface area (Å²) in [4.78, 5) is 10.5. The van der Waals surface area contributed by atoms with Gasteiger partial charge in [-0.25, -0.2) is 0 Å². The molecule has 0 unspecified atom stereocenters. The van der Waals surface area contributed by atoms with Gasteiger partial charge < -0.3 is 14.8 Å². The van der Waals surface area contributed by atoms with E-state index in [9.17, 15) is 4.79 Å². The molecule has 4 nitrogen and oxygen atoms in total. The Labute approximate surface area is 105 Å². The fraction of sp³-hybridized carbons (Fsp3) is 0.923. The van der Waals surface area contributed by atoms with E-state index in [-0.39, 0.29) is 5.91 Å². The molecular formula is C13H27NO3. The monoisotopic (exact) mass is 245 g/mol. The molecule has 17 heavy (non-hydrogen) atoms. The van der Waals surface area contributed by atoms with Gasteiger partial charge in [-0.2, -0.15) is 0 Å².